The van der Waals surface area contributed by atoms with Crippen molar-refractivity contribution in [3.63, 3.8) is 0 Å². The van der Waals surface area contributed by atoms with Crippen LogP contribution in [0.5, 0.6) is 0 Å². The first-order valence-corrected chi connectivity index (χ1v) is 6.16. The first-order chi connectivity index (χ1) is 8.80. The van der Waals surface area contributed by atoms with Crippen LogP contribution in [0.4, 0.5) is 11.6 Å². The fraction of sp³-hybridized carbons (Fsp3) is 0.667. The molecule has 1 rings (SSSR count). The molecule has 0 bridgehead atoms. The van der Waals surface area contributed by atoms with Gasteiger partial charge in [0.25, 0.3) is 0 Å². The summed E-state index contributed by atoms with van der Waals surface area (Å²) >= 11 is 0. The van der Waals surface area contributed by atoms with E-state index < -0.39 is 0 Å². The van der Waals surface area contributed by atoms with Crippen molar-refractivity contribution in [2.75, 3.05) is 44.5 Å². The number of ether oxygens (including phenoxy) is 2. The van der Waals surface area contributed by atoms with Gasteiger partial charge in [-0.25, -0.2) is 9.97 Å². The van der Waals surface area contributed by atoms with Crippen LogP contribution in [0.3, 0.4) is 0 Å². The van der Waals surface area contributed by atoms with Crippen molar-refractivity contribution in [2.24, 2.45) is 0 Å². The summed E-state index contributed by atoms with van der Waals surface area (Å²) in [7, 11) is 3.46. The summed E-state index contributed by atoms with van der Waals surface area (Å²) in [6, 6.07) is 1.87. The maximum atomic E-state index is 5.27. The largest absolute Gasteiger partial charge is 0.382 e. The summed E-state index contributed by atoms with van der Waals surface area (Å²) < 4.78 is 10.3. The molecule has 0 unspecified atom stereocenters. The Morgan fingerprint density at radius 1 is 1.28 bits per heavy atom. The Morgan fingerprint density at radius 2 is 2.06 bits per heavy atom. The molecule has 1 aromatic heterocycles. The Balaban J connectivity index is 2.50. The van der Waals surface area contributed by atoms with Gasteiger partial charge in [0.1, 0.15) is 18.2 Å². The van der Waals surface area contributed by atoms with E-state index in [1.165, 1.54) is 0 Å². The number of aromatic nitrogens is 2. The van der Waals surface area contributed by atoms with Gasteiger partial charge in [0.15, 0.2) is 5.82 Å². The molecule has 6 heteroatoms. The maximum Gasteiger partial charge on any atom is 0.158 e. The minimum absolute atomic E-state index is 0.406. The molecular formula is C12H22N4O2. The Kier molecular flexibility index (Phi) is 7.05. The van der Waals surface area contributed by atoms with Gasteiger partial charge in [-0.05, 0) is 13.3 Å². The number of rotatable bonds is 9. The molecule has 0 aliphatic rings. The average molecular weight is 254 g/mol. The normalized spacial score (nSPS) is 10.4. The third kappa shape index (κ3) is 5.29. The quantitative estimate of drug-likeness (QED) is 0.651. The molecule has 2 N–H and O–H groups in total. The molecule has 0 saturated carbocycles. The van der Waals surface area contributed by atoms with Crippen molar-refractivity contribution in [3.05, 3.63) is 11.9 Å². The molecule has 0 aliphatic carbocycles. The molecule has 0 aliphatic heterocycles. The monoisotopic (exact) mass is 254 g/mol. The third-order valence-corrected chi connectivity index (χ3v) is 2.28. The summed E-state index contributed by atoms with van der Waals surface area (Å²) in [5, 5.41) is 6.26. The molecule has 102 valence electrons. The van der Waals surface area contributed by atoms with E-state index in [4.69, 9.17) is 9.47 Å². The summed E-state index contributed by atoms with van der Waals surface area (Å²) in [4.78, 5) is 8.65. The van der Waals surface area contributed by atoms with Gasteiger partial charge in [-0.15, -0.1) is 0 Å². The zero-order valence-electron chi connectivity index (χ0n) is 11.3. The molecule has 0 aromatic carbocycles. The SMILES string of the molecule is CCOCCCNc1cc(NC)nc(COC)n1. The van der Waals surface area contributed by atoms with E-state index in [0.29, 0.717) is 12.4 Å². The van der Waals surface area contributed by atoms with Gasteiger partial charge in [0.05, 0.1) is 0 Å². The summed E-state index contributed by atoms with van der Waals surface area (Å²) in [6.45, 7) is 4.75. The van der Waals surface area contributed by atoms with Crippen molar-refractivity contribution in [3.8, 4) is 0 Å². The lowest BCUT2D eigenvalue weighted by atomic mass is 10.4. The van der Waals surface area contributed by atoms with E-state index in [1.807, 2.05) is 20.0 Å². The van der Waals surface area contributed by atoms with Crippen molar-refractivity contribution in [1.82, 2.24) is 9.97 Å². The van der Waals surface area contributed by atoms with Gasteiger partial charge in [-0.1, -0.05) is 0 Å². The fourth-order valence-electron chi connectivity index (χ4n) is 1.44. The van der Waals surface area contributed by atoms with E-state index in [1.54, 1.807) is 7.11 Å². The highest BCUT2D eigenvalue weighted by molar-refractivity contribution is 5.47. The molecular weight excluding hydrogens is 232 g/mol. The molecule has 0 spiro atoms. The average Bonchev–Trinajstić information content (AvgIpc) is 2.38. The number of hydrogen-bond acceptors (Lipinski definition) is 6. The molecule has 1 aromatic rings. The van der Waals surface area contributed by atoms with Crippen LogP contribution in [-0.4, -0.2) is 43.9 Å². The standard InChI is InChI=1S/C12H22N4O2/c1-4-18-7-5-6-14-11-8-10(13-2)15-12(16-11)9-17-3/h8H,4-7,9H2,1-3H3,(H2,13,14,15,16). The van der Waals surface area contributed by atoms with Gasteiger partial charge in [0.2, 0.25) is 0 Å². The van der Waals surface area contributed by atoms with Gasteiger partial charge in [0, 0.05) is 40.0 Å². The van der Waals surface area contributed by atoms with Crippen LogP contribution < -0.4 is 10.6 Å². The Bertz CT molecular complexity index is 347. The summed E-state index contributed by atoms with van der Waals surface area (Å²) in [6.07, 6.45) is 0.951. The van der Waals surface area contributed by atoms with Crippen LogP contribution in [0.1, 0.15) is 19.2 Å². The van der Waals surface area contributed by atoms with E-state index >= 15 is 0 Å². The molecule has 0 radical (unpaired) electrons. The third-order valence-electron chi connectivity index (χ3n) is 2.28. The van der Waals surface area contributed by atoms with Gasteiger partial charge < -0.3 is 20.1 Å². The highest BCUT2D eigenvalue weighted by Crippen LogP contribution is 2.11. The van der Waals surface area contributed by atoms with Crippen LogP contribution in [-0.2, 0) is 16.1 Å². The van der Waals surface area contributed by atoms with Crippen molar-refractivity contribution in [1.29, 1.82) is 0 Å². The number of anilines is 2. The Labute approximate surface area is 108 Å². The van der Waals surface area contributed by atoms with Gasteiger partial charge in [-0.2, -0.15) is 0 Å². The summed E-state index contributed by atoms with van der Waals surface area (Å²) in [5.74, 6) is 2.25. The fourth-order valence-corrected chi connectivity index (χ4v) is 1.44. The number of hydrogen-bond donors (Lipinski definition) is 2. The lowest BCUT2D eigenvalue weighted by Gasteiger charge is -2.09. The van der Waals surface area contributed by atoms with Crippen molar-refractivity contribution >= 4 is 11.6 Å². The highest BCUT2D eigenvalue weighted by atomic mass is 16.5. The zero-order valence-corrected chi connectivity index (χ0v) is 11.3. The van der Waals surface area contributed by atoms with Crippen molar-refractivity contribution < 1.29 is 9.47 Å². The van der Waals surface area contributed by atoms with Crippen LogP contribution in [0.2, 0.25) is 0 Å². The van der Waals surface area contributed by atoms with Crippen LogP contribution in [0.15, 0.2) is 6.07 Å². The van der Waals surface area contributed by atoms with Crippen LogP contribution in [0, 0.1) is 0 Å². The number of nitrogens with one attached hydrogen (secondary N) is 2. The number of nitrogens with zero attached hydrogens (tertiary/aromatic N) is 2. The zero-order chi connectivity index (χ0) is 13.2. The summed E-state index contributed by atoms with van der Waals surface area (Å²) in [5.41, 5.74) is 0. The second-order valence-electron chi connectivity index (χ2n) is 3.71. The molecule has 0 saturated heterocycles. The first kappa shape index (κ1) is 14.7. The lowest BCUT2D eigenvalue weighted by Crippen LogP contribution is -2.10. The van der Waals surface area contributed by atoms with E-state index in [2.05, 4.69) is 20.6 Å². The molecule has 6 nitrogen and oxygen atoms in total. The smallest absolute Gasteiger partial charge is 0.158 e. The molecule has 0 fully saturated rings. The minimum Gasteiger partial charge on any atom is -0.382 e. The molecule has 1 heterocycles. The van der Waals surface area contributed by atoms with E-state index in [-0.39, 0.29) is 0 Å². The van der Waals surface area contributed by atoms with E-state index in [9.17, 15) is 0 Å². The van der Waals surface area contributed by atoms with Crippen LogP contribution in [0.25, 0.3) is 0 Å². The van der Waals surface area contributed by atoms with Gasteiger partial charge in [-0.3, -0.25) is 0 Å². The van der Waals surface area contributed by atoms with Gasteiger partial charge >= 0.3 is 0 Å². The van der Waals surface area contributed by atoms with Crippen molar-refractivity contribution in [2.45, 2.75) is 20.0 Å². The second-order valence-corrected chi connectivity index (χ2v) is 3.71. The topological polar surface area (TPSA) is 68.3 Å². The Morgan fingerprint density at radius 3 is 2.72 bits per heavy atom. The maximum absolute atomic E-state index is 5.27. The number of methoxy groups -OCH3 is 1. The Hall–Kier alpha value is -1.40. The molecule has 0 amide bonds. The molecule has 0 atom stereocenters. The minimum atomic E-state index is 0.406. The predicted octanol–water partition coefficient (Wildman–Crippen LogP) is 1.50. The van der Waals surface area contributed by atoms with E-state index in [0.717, 1.165) is 37.8 Å². The molecule has 18 heavy (non-hydrogen) atoms. The second kappa shape index (κ2) is 8.66. The first-order valence-electron chi connectivity index (χ1n) is 6.16. The van der Waals surface area contributed by atoms with Crippen LogP contribution >= 0.6 is 0 Å². The lowest BCUT2D eigenvalue weighted by molar-refractivity contribution is 0.147. The highest BCUT2D eigenvalue weighted by Gasteiger charge is 2.03. The predicted molar refractivity (Wildman–Crippen MR) is 71.9 cm³/mol.